The van der Waals surface area contributed by atoms with E-state index in [1.807, 2.05) is 6.07 Å². The first kappa shape index (κ1) is 13.9. The van der Waals surface area contributed by atoms with Crippen LogP contribution in [0.15, 0.2) is 40.8 Å². The van der Waals surface area contributed by atoms with E-state index in [2.05, 4.69) is 51.2 Å². The maximum atomic E-state index is 4.56. The average Bonchev–Trinajstić information content (AvgIpc) is 2.86. The highest BCUT2D eigenvalue weighted by Gasteiger charge is 2.07. The summed E-state index contributed by atoms with van der Waals surface area (Å²) in [4.78, 5) is 16.6. The molecule has 0 aliphatic heterocycles. The Morgan fingerprint density at radius 3 is 3.00 bits per heavy atom. The molecular formula is C15H17N5S. The van der Waals surface area contributed by atoms with E-state index >= 15 is 0 Å². The third kappa shape index (κ3) is 3.33. The second-order valence-electron chi connectivity index (χ2n) is 4.83. The molecule has 1 aromatic carbocycles. The molecule has 0 radical (unpaired) electrons. The smallest absolute Gasteiger partial charge is 0.172 e. The number of fused-ring (bicyclic) bond motifs is 1. The zero-order chi connectivity index (χ0) is 14.7. The Morgan fingerprint density at radius 1 is 1.24 bits per heavy atom. The van der Waals surface area contributed by atoms with Gasteiger partial charge < -0.3 is 10.3 Å². The molecule has 0 fully saturated rings. The molecule has 0 atom stereocenters. The van der Waals surface area contributed by atoms with Gasteiger partial charge in [-0.05, 0) is 42.8 Å². The second-order valence-corrected chi connectivity index (χ2v) is 5.84. The maximum absolute atomic E-state index is 4.56. The molecule has 3 rings (SSSR count). The Balaban J connectivity index is 1.81. The number of benzene rings is 1. The molecule has 0 saturated carbocycles. The molecule has 6 heteroatoms. The van der Waals surface area contributed by atoms with Crippen LogP contribution in [0.2, 0.25) is 0 Å². The lowest BCUT2D eigenvalue weighted by atomic mass is 10.2. The van der Waals surface area contributed by atoms with Crippen molar-refractivity contribution >= 4 is 28.6 Å². The molecule has 0 bridgehead atoms. The fraction of sp³-hybridized carbons (Fsp3) is 0.267. The number of anilines is 1. The lowest BCUT2D eigenvalue weighted by Crippen LogP contribution is -2.02. The minimum absolute atomic E-state index is 0.800. The molecule has 2 N–H and O–H groups in total. The number of aromatic nitrogens is 4. The summed E-state index contributed by atoms with van der Waals surface area (Å²) in [6, 6.07) is 6.18. The number of hydrogen-bond acceptors (Lipinski definition) is 5. The van der Waals surface area contributed by atoms with Crippen LogP contribution in [-0.2, 0) is 0 Å². The molecule has 0 aliphatic rings. The fourth-order valence-electron chi connectivity index (χ4n) is 1.98. The van der Waals surface area contributed by atoms with Gasteiger partial charge in [-0.25, -0.2) is 9.97 Å². The van der Waals surface area contributed by atoms with E-state index in [0.29, 0.717) is 0 Å². The van der Waals surface area contributed by atoms with E-state index in [1.54, 1.807) is 12.4 Å². The van der Waals surface area contributed by atoms with Crippen molar-refractivity contribution in [1.29, 1.82) is 0 Å². The molecule has 0 aliphatic carbocycles. The third-order valence-electron chi connectivity index (χ3n) is 2.99. The van der Waals surface area contributed by atoms with Gasteiger partial charge in [0.1, 0.15) is 10.8 Å². The summed E-state index contributed by atoms with van der Waals surface area (Å²) in [6.45, 7) is 5.09. The van der Waals surface area contributed by atoms with Crippen LogP contribution in [-0.4, -0.2) is 26.5 Å². The topological polar surface area (TPSA) is 66.5 Å². The van der Waals surface area contributed by atoms with Gasteiger partial charge in [0.25, 0.3) is 0 Å². The van der Waals surface area contributed by atoms with Gasteiger partial charge in [-0.15, -0.1) is 0 Å². The van der Waals surface area contributed by atoms with Crippen molar-refractivity contribution in [2.75, 3.05) is 11.9 Å². The number of imidazole rings is 1. The predicted molar refractivity (Wildman–Crippen MR) is 85.8 cm³/mol. The van der Waals surface area contributed by atoms with Crippen LogP contribution in [0.1, 0.15) is 18.9 Å². The number of rotatable bonds is 5. The van der Waals surface area contributed by atoms with Crippen molar-refractivity contribution in [2.24, 2.45) is 0 Å². The van der Waals surface area contributed by atoms with Gasteiger partial charge in [-0.3, -0.25) is 4.98 Å². The van der Waals surface area contributed by atoms with Crippen LogP contribution < -0.4 is 5.32 Å². The first-order chi connectivity index (χ1) is 10.2. The van der Waals surface area contributed by atoms with E-state index in [4.69, 9.17) is 0 Å². The van der Waals surface area contributed by atoms with Crippen molar-refractivity contribution < 1.29 is 0 Å². The van der Waals surface area contributed by atoms with Crippen LogP contribution in [0, 0.1) is 6.92 Å². The lowest BCUT2D eigenvalue weighted by Gasteiger charge is -2.04. The maximum Gasteiger partial charge on any atom is 0.172 e. The lowest BCUT2D eigenvalue weighted by molar-refractivity contribution is 0.946. The van der Waals surface area contributed by atoms with Gasteiger partial charge in [0.2, 0.25) is 0 Å². The van der Waals surface area contributed by atoms with Gasteiger partial charge in [0.15, 0.2) is 5.16 Å². The SMILES string of the molecule is CCCNc1cncc(Sc2nc3ccc(C)cc3[nH]2)n1. The first-order valence-corrected chi connectivity index (χ1v) is 7.76. The number of nitrogens with zero attached hydrogens (tertiary/aromatic N) is 3. The Bertz CT molecular complexity index is 753. The van der Waals surface area contributed by atoms with Crippen molar-refractivity contribution in [2.45, 2.75) is 30.5 Å². The quantitative estimate of drug-likeness (QED) is 0.753. The highest BCUT2D eigenvalue weighted by atomic mass is 32.2. The minimum atomic E-state index is 0.800. The Labute approximate surface area is 127 Å². The molecule has 2 aromatic heterocycles. The number of H-pyrrole nitrogens is 1. The number of hydrogen-bond donors (Lipinski definition) is 2. The zero-order valence-electron chi connectivity index (χ0n) is 12.1. The summed E-state index contributed by atoms with van der Waals surface area (Å²) in [5.41, 5.74) is 3.23. The first-order valence-electron chi connectivity index (χ1n) is 6.95. The van der Waals surface area contributed by atoms with Crippen LogP contribution in [0.4, 0.5) is 5.82 Å². The van der Waals surface area contributed by atoms with Gasteiger partial charge >= 0.3 is 0 Å². The van der Waals surface area contributed by atoms with Crippen molar-refractivity contribution in [3.8, 4) is 0 Å². The molecule has 5 nitrogen and oxygen atoms in total. The van der Waals surface area contributed by atoms with Crippen molar-refractivity contribution in [3.05, 3.63) is 36.2 Å². The normalized spacial score (nSPS) is 11.0. The Morgan fingerprint density at radius 2 is 2.14 bits per heavy atom. The van der Waals surface area contributed by atoms with Crippen molar-refractivity contribution in [3.63, 3.8) is 0 Å². The fourth-order valence-corrected chi connectivity index (χ4v) is 2.74. The number of nitrogens with one attached hydrogen (secondary N) is 2. The molecule has 21 heavy (non-hydrogen) atoms. The van der Waals surface area contributed by atoms with Crippen molar-refractivity contribution in [1.82, 2.24) is 19.9 Å². The largest absolute Gasteiger partial charge is 0.369 e. The summed E-state index contributed by atoms with van der Waals surface area (Å²) in [5.74, 6) is 0.800. The van der Waals surface area contributed by atoms with Crippen LogP contribution in [0.3, 0.4) is 0 Å². The monoisotopic (exact) mass is 299 g/mol. The van der Waals surface area contributed by atoms with E-state index in [-0.39, 0.29) is 0 Å². The summed E-state index contributed by atoms with van der Waals surface area (Å²) in [7, 11) is 0. The molecular weight excluding hydrogens is 282 g/mol. The Kier molecular flexibility index (Phi) is 4.06. The highest BCUT2D eigenvalue weighted by molar-refractivity contribution is 7.99. The summed E-state index contributed by atoms with van der Waals surface area (Å²) in [6.07, 6.45) is 4.55. The van der Waals surface area contributed by atoms with Crippen LogP contribution in [0.25, 0.3) is 11.0 Å². The van der Waals surface area contributed by atoms with E-state index in [1.165, 1.54) is 17.3 Å². The van der Waals surface area contributed by atoms with Gasteiger partial charge in [-0.1, -0.05) is 13.0 Å². The third-order valence-corrected chi connectivity index (χ3v) is 3.78. The van der Waals surface area contributed by atoms with Crippen LogP contribution in [0.5, 0.6) is 0 Å². The van der Waals surface area contributed by atoms with Gasteiger partial charge in [0, 0.05) is 6.54 Å². The molecule has 0 spiro atoms. The second kappa shape index (κ2) is 6.13. The van der Waals surface area contributed by atoms with E-state index in [9.17, 15) is 0 Å². The highest BCUT2D eigenvalue weighted by Crippen LogP contribution is 2.26. The summed E-state index contributed by atoms with van der Waals surface area (Å²) in [5, 5.41) is 4.89. The standard InChI is InChI=1S/C15H17N5S/c1-3-6-17-13-8-16-9-14(20-13)21-15-18-11-5-4-10(2)7-12(11)19-15/h4-5,7-9H,3,6H2,1-2H3,(H,17,20)(H,18,19). The van der Waals surface area contributed by atoms with E-state index in [0.717, 1.165) is 40.0 Å². The average molecular weight is 299 g/mol. The molecule has 108 valence electrons. The predicted octanol–water partition coefficient (Wildman–Crippen LogP) is 3.63. The Hall–Kier alpha value is -2.08. The molecule has 0 unspecified atom stereocenters. The number of aryl methyl sites for hydroxylation is 1. The summed E-state index contributed by atoms with van der Waals surface area (Å²) >= 11 is 1.49. The molecule has 2 heterocycles. The molecule has 0 amide bonds. The zero-order valence-corrected chi connectivity index (χ0v) is 12.9. The summed E-state index contributed by atoms with van der Waals surface area (Å²) < 4.78 is 0. The number of aromatic amines is 1. The van der Waals surface area contributed by atoms with Gasteiger partial charge in [-0.2, -0.15) is 0 Å². The van der Waals surface area contributed by atoms with Gasteiger partial charge in [0.05, 0.1) is 23.4 Å². The van der Waals surface area contributed by atoms with E-state index < -0.39 is 0 Å². The molecule has 0 saturated heterocycles. The minimum Gasteiger partial charge on any atom is -0.369 e. The molecule has 3 aromatic rings. The van der Waals surface area contributed by atoms with Crippen LogP contribution >= 0.6 is 11.8 Å².